The summed E-state index contributed by atoms with van der Waals surface area (Å²) in [6.07, 6.45) is 7.39. The van der Waals surface area contributed by atoms with Crippen molar-refractivity contribution in [1.82, 2.24) is 15.1 Å². The minimum atomic E-state index is 0.441. The summed E-state index contributed by atoms with van der Waals surface area (Å²) in [5, 5.41) is 10.0. The standard InChI is InChI=1S/C14H20BrN3S/c1-3-6-16-13(14-7-12(15)10-19-14)5-4-11-8-17-18(2)9-11/h7-10,13,16H,3-6H2,1-2H3. The monoisotopic (exact) mass is 341 g/mol. The highest BCUT2D eigenvalue weighted by molar-refractivity contribution is 9.10. The zero-order valence-electron chi connectivity index (χ0n) is 11.4. The molecule has 1 N–H and O–H groups in total. The first-order valence-electron chi connectivity index (χ1n) is 6.64. The minimum absolute atomic E-state index is 0.441. The number of halogens is 1. The molecule has 1 atom stereocenters. The van der Waals surface area contributed by atoms with E-state index in [0.717, 1.165) is 25.8 Å². The Bertz CT molecular complexity index is 506. The van der Waals surface area contributed by atoms with Crippen molar-refractivity contribution in [1.29, 1.82) is 0 Å². The van der Waals surface area contributed by atoms with Crippen LogP contribution in [0, 0.1) is 0 Å². The van der Waals surface area contributed by atoms with Crippen molar-refractivity contribution in [2.24, 2.45) is 7.05 Å². The van der Waals surface area contributed by atoms with Crippen LogP contribution < -0.4 is 5.32 Å². The van der Waals surface area contributed by atoms with Gasteiger partial charge in [-0.15, -0.1) is 11.3 Å². The Labute approximate surface area is 127 Å². The molecular formula is C14H20BrN3S. The van der Waals surface area contributed by atoms with E-state index in [4.69, 9.17) is 0 Å². The van der Waals surface area contributed by atoms with E-state index < -0.39 is 0 Å². The fraction of sp³-hybridized carbons (Fsp3) is 0.500. The van der Waals surface area contributed by atoms with E-state index in [0.29, 0.717) is 6.04 Å². The molecule has 2 heterocycles. The Hall–Kier alpha value is -0.650. The molecule has 0 amide bonds. The second-order valence-corrected chi connectivity index (χ2v) is 6.59. The van der Waals surface area contributed by atoms with E-state index in [2.05, 4.69) is 50.9 Å². The second-order valence-electron chi connectivity index (χ2n) is 4.73. The number of aromatic nitrogens is 2. The van der Waals surface area contributed by atoms with E-state index in [9.17, 15) is 0 Å². The quantitative estimate of drug-likeness (QED) is 0.827. The van der Waals surface area contributed by atoms with Crippen molar-refractivity contribution in [2.45, 2.75) is 32.2 Å². The Morgan fingerprint density at radius 2 is 2.37 bits per heavy atom. The van der Waals surface area contributed by atoms with Crippen molar-refractivity contribution in [2.75, 3.05) is 6.54 Å². The topological polar surface area (TPSA) is 29.9 Å². The van der Waals surface area contributed by atoms with Gasteiger partial charge in [-0.2, -0.15) is 5.10 Å². The number of thiophene rings is 1. The van der Waals surface area contributed by atoms with Gasteiger partial charge in [0.1, 0.15) is 0 Å². The normalized spacial score (nSPS) is 12.8. The lowest BCUT2D eigenvalue weighted by atomic mass is 10.1. The van der Waals surface area contributed by atoms with Crippen LogP contribution in [0.5, 0.6) is 0 Å². The third-order valence-electron chi connectivity index (χ3n) is 3.05. The molecule has 0 aliphatic rings. The maximum absolute atomic E-state index is 4.22. The Morgan fingerprint density at radius 3 is 2.95 bits per heavy atom. The Kier molecular flexibility index (Phi) is 5.60. The Morgan fingerprint density at radius 1 is 1.53 bits per heavy atom. The zero-order chi connectivity index (χ0) is 13.7. The number of nitrogens with zero attached hydrogens (tertiary/aromatic N) is 2. The number of nitrogens with one attached hydrogen (secondary N) is 1. The average Bonchev–Trinajstić information content (AvgIpc) is 2.99. The molecule has 0 saturated heterocycles. The summed E-state index contributed by atoms with van der Waals surface area (Å²) >= 11 is 5.36. The molecule has 2 aromatic heterocycles. The smallest absolute Gasteiger partial charge is 0.0521 e. The Balaban J connectivity index is 1.97. The molecule has 0 spiro atoms. The predicted molar refractivity (Wildman–Crippen MR) is 84.6 cm³/mol. The zero-order valence-corrected chi connectivity index (χ0v) is 13.8. The van der Waals surface area contributed by atoms with Gasteiger partial charge in [0.25, 0.3) is 0 Å². The molecule has 0 fully saturated rings. The maximum Gasteiger partial charge on any atom is 0.0521 e. The molecule has 2 rings (SSSR count). The summed E-state index contributed by atoms with van der Waals surface area (Å²) in [5.74, 6) is 0. The summed E-state index contributed by atoms with van der Waals surface area (Å²) in [5.41, 5.74) is 1.31. The number of rotatable bonds is 7. The number of hydrogen-bond donors (Lipinski definition) is 1. The molecule has 19 heavy (non-hydrogen) atoms. The third kappa shape index (κ3) is 4.44. The highest BCUT2D eigenvalue weighted by Crippen LogP contribution is 2.28. The van der Waals surface area contributed by atoms with Gasteiger partial charge in [0, 0.05) is 34.0 Å². The van der Waals surface area contributed by atoms with Crippen LogP contribution in [0.2, 0.25) is 0 Å². The molecule has 0 aromatic carbocycles. The van der Waals surface area contributed by atoms with Gasteiger partial charge >= 0.3 is 0 Å². The largest absolute Gasteiger partial charge is 0.309 e. The predicted octanol–water partition coefficient (Wildman–Crippen LogP) is 3.92. The summed E-state index contributed by atoms with van der Waals surface area (Å²) in [6.45, 7) is 3.27. The molecule has 0 saturated carbocycles. The van der Waals surface area contributed by atoms with Gasteiger partial charge in [0.2, 0.25) is 0 Å². The van der Waals surface area contributed by atoms with Gasteiger partial charge in [0.05, 0.1) is 6.20 Å². The van der Waals surface area contributed by atoms with Crippen molar-refractivity contribution in [3.8, 4) is 0 Å². The number of aryl methyl sites for hydroxylation is 2. The maximum atomic E-state index is 4.22. The molecule has 104 valence electrons. The second kappa shape index (κ2) is 7.22. The minimum Gasteiger partial charge on any atom is -0.309 e. The fourth-order valence-corrected chi connectivity index (χ4v) is 3.64. The van der Waals surface area contributed by atoms with E-state index in [1.54, 1.807) is 0 Å². The molecule has 3 nitrogen and oxygen atoms in total. The van der Waals surface area contributed by atoms with Crippen molar-refractivity contribution >= 4 is 27.3 Å². The fourth-order valence-electron chi connectivity index (χ4n) is 2.09. The first kappa shape index (κ1) is 14.8. The molecule has 0 aliphatic heterocycles. The first-order chi connectivity index (χ1) is 9.19. The summed E-state index contributed by atoms with van der Waals surface area (Å²) in [6, 6.07) is 2.66. The van der Waals surface area contributed by atoms with Crippen LogP contribution in [0.1, 0.15) is 36.2 Å². The van der Waals surface area contributed by atoms with Crippen molar-refractivity contribution in [3.63, 3.8) is 0 Å². The van der Waals surface area contributed by atoms with Crippen LogP contribution in [0.25, 0.3) is 0 Å². The highest BCUT2D eigenvalue weighted by Gasteiger charge is 2.13. The average molecular weight is 342 g/mol. The van der Waals surface area contributed by atoms with Gasteiger partial charge in [-0.3, -0.25) is 4.68 Å². The molecule has 5 heteroatoms. The van der Waals surface area contributed by atoms with Gasteiger partial charge < -0.3 is 5.32 Å². The van der Waals surface area contributed by atoms with Crippen LogP contribution in [-0.4, -0.2) is 16.3 Å². The van der Waals surface area contributed by atoms with E-state index >= 15 is 0 Å². The van der Waals surface area contributed by atoms with Gasteiger partial charge in [0.15, 0.2) is 0 Å². The number of hydrogen-bond acceptors (Lipinski definition) is 3. The molecular weight excluding hydrogens is 322 g/mol. The lowest BCUT2D eigenvalue weighted by Crippen LogP contribution is -2.21. The van der Waals surface area contributed by atoms with Crippen LogP contribution in [0.15, 0.2) is 28.3 Å². The van der Waals surface area contributed by atoms with Gasteiger partial charge in [-0.25, -0.2) is 0 Å². The van der Waals surface area contributed by atoms with Gasteiger partial charge in [-0.05, 0) is 53.4 Å². The van der Waals surface area contributed by atoms with E-state index in [-0.39, 0.29) is 0 Å². The van der Waals surface area contributed by atoms with Crippen LogP contribution in [0.3, 0.4) is 0 Å². The SMILES string of the molecule is CCCNC(CCc1cnn(C)c1)c1cc(Br)cs1. The van der Waals surface area contributed by atoms with Crippen LogP contribution >= 0.6 is 27.3 Å². The lowest BCUT2D eigenvalue weighted by molar-refractivity contribution is 0.506. The third-order valence-corrected chi connectivity index (χ3v) is 4.86. The molecule has 0 bridgehead atoms. The molecule has 0 aliphatic carbocycles. The van der Waals surface area contributed by atoms with Crippen LogP contribution in [0.4, 0.5) is 0 Å². The highest BCUT2D eigenvalue weighted by atomic mass is 79.9. The van der Waals surface area contributed by atoms with Crippen LogP contribution in [-0.2, 0) is 13.5 Å². The lowest BCUT2D eigenvalue weighted by Gasteiger charge is -2.16. The van der Waals surface area contributed by atoms with E-state index in [1.807, 2.05) is 29.3 Å². The van der Waals surface area contributed by atoms with Crippen molar-refractivity contribution < 1.29 is 0 Å². The summed E-state index contributed by atoms with van der Waals surface area (Å²) in [4.78, 5) is 1.41. The molecule has 0 radical (unpaired) electrons. The first-order valence-corrected chi connectivity index (χ1v) is 8.31. The summed E-state index contributed by atoms with van der Waals surface area (Å²) in [7, 11) is 1.96. The molecule has 2 aromatic rings. The van der Waals surface area contributed by atoms with E-state index in [1.165, 1.54) is 14.9 Å². The van der Waals surface area contributed by atoms with Gasteiger partial charge in [-0.1, -0.05) is 6.92 Å². The summed E-state index contributed by atoms with van der Waals surface area (Å²) < 4.78 is 3.04. The molecule has 1 unspecified atom stereocenters. The van der Waals surface area contributed by atoms with Crippen molar-refractivity contribution in [3.05, 3.63) is 38.8 Å².